The Kier molecular flexibility index (Phi) is 2.08. The number of primary amides is 1. The fourth-order valence-electron chi connectivity index (χ4n) is 1.78. The number of imidazole rings is 1. The zero-order valence-corrected chi connectivity index (χ0v) is 8.98. The maximum atomic E-state index is 11.6. The van der Waals surface area contributed by atoms with Gasteiger partial charge in [-0.3, -0.25) is 0 Å². The van der Waals surface area contributed by atoms with Crippen LogP contribution in [0.15, 0.2) is 4.99 Å². The van der Waals surface area contributed by atoms with Crippen LogP contribution in [-0.4, -0.2) is 21.4 Å². The van der Waals surface area contributed by atoms with Crippen LogP contribution in [-0.2, 0) is 0 Å². The van der Waals surface area contributed by atoms with Gasteiger partial charge in [0.1, 0.15) is 5.82 Å². The molecule has 0 unspecified atom stereocenters. The van der Waals surface area contributed by atoms with Crippen LogP contribution in [0.1, 0.15) is 36.2 Å². The average molecular weight is 208 g/mol. The number of carbonyl (C=O) groups excluding carboxylic acids is 1. The van der Waals surface area contributed by atoms with Gasteiger partial charge in [0.05, 0.1) is 0 Å². The molecule has 0 radical (unpaired) electrons. The van der Waals surface area contributed by atoms with Crippen molar-refractivity contribution >= 4 is 17.7 Å². The first-order valence-corrected chi connectivity index (χ1v) is 4.82. The highest BCUT2D eigenvalue weighted by molar-refractivity contribution is 5.98. The van der Waals surface area contributed by atoms with Gasteiger partial charge < -0.3 is 10.3 Å². The van der Waals surface area contributed by atoms with Gasteiger partial charge in [-0.1, -0.05) is 0 Å². The zero-order chi connectivity index (χ0) is 11.2. The van der Waals surface area contributed by atoms with E-state index in [1.54, 1.807) is 0 Å². The number of quaternary nitrogens is 1. The summed E-state index contributed by atoms with van der Waals surface area (Å²) in [5.74, 6) is 1.44. The Balaban J connectivity index is 2.67. The lowest BCUT2D eigenvalue weighted by atomic mass is 10.3. The molecule has 0 bridgehead atoms. The number of fused-ring (bicyclic) bond motifs is 1. The summed E-state index contributed by atoms with van der Waals surface area (Å²) >= 11 is 0. The lowest BCUT2D eigenvalue weighted by Gasteiger charge is -2.12. The van der Waals surface area contributed by atoms with E-state index in [1.807, 2.05) is 25.3 Å². The Morgan fingerprint density at radius 1 is 1.47 bits per heavy atom. The van der Waals surface area contributed by atoms with E-state index in [9.17, 15) is 4.79 Å². The molecule has 15 heavy (non-hydrogen) atoms. The minimum atomic E-state index is -0.167. The lowest BCUT2D eigenvalue weighted by Crippen LogP contribution is -2.94. The highest BCUT2D eigenvalue weighted by Crippen LogP contribution is 2.25. The summed E-state index contributed by atoms with van der Waals surface area (Å²) in [4.78, 5) is 20.0. The summed E-state index contributed by atoms with van der Waals surface area (Å²) in [7, 11) is 0. The SMILES string of the molecule is Cc1nc2c(n1C(C)C)N=C(N)[NH2+]C2=O. The van der Waals surface area contributed by atoms with Crippen molar-refractivity contribution < 1.29 is 10.1 Å². The third-order valence-electron chi connectivity index (χ3n) is 2.33. The first-order chi connectivity index (χ1) is 7.00. The molecule has 80 valence electrons. The van der Waals surface area contributed by atoms with Gasteiger partial charge in [0, 0.05) is 6.04 Å². The molecule has 0 spiro atoms. The van der Waals surface area contributed by atoms with Crippen LogP contribution in [0, 0.1) is 6.92 Å². The van der Waals surface area contributed by atoms with E-state index in [1.165, 1.54) is 5.32 Å². The molecular formula is C9H14N5O+. The molecule has 4 N–H and O–H groups in total. The van der Waals surface area contributed by atoms with Gasteiger partial charge in [-0.25, -0.2) is 15.1 Å². The molecule has 0 saturated heterocycles. The van der Waals surface area contributed by atoms with Gasteiger partial charge in [0.25, 0.3) is 0 Å². The number of nitrogens with zero attached hydrogens (tertiary/aromatic N) is 3. The number of carbonyl (C=O) groups is 1. The van der Waals surface area contributed by atoms with E-state index in [0.717, 1.165) is 5.82 Å². The Bertz CT molecular complexity index is 457. The fraction of sp³-hybridized carbons (Fsp3) is 0.444. The number of aliphatic imine (C=N–C) groups is 1. The van der Waals surface area contributed by atoms with Crippen molar-refractivity contribution in [3.63, 3.8) is 0 Å². The number of hydrogen-bond acceptors (Lipinski definition) is 4. The molecule has 1 aromatic heterocycles. The Labute approximate surface area is 87.2 Å². The maximum absolute atomic E-state index is 11.6. The van der Waals surface area contributed by atoms with Crippen molar-refractivity contribution in [2.24, 2.45) is 10.7 Å². The van der Waals surface area contributed by atoms with Crippen LogP contribution >= 0.6 is 0 Å². The molecular weight excluding hydrogens is 194 g/mol. The van der Waals surface area contributed by atoms with Crippen molar-refractivity contribution in [3.05, 3.63) is 11.5 Å². The van der Waals surface area contributed by atoms with Gasteiger partial charge in [-0.05, 0) is 20.8 Å². The van der Waals surface area contributed by atoms with E-state index in [-0.39, 0.29) is 17.9 Å². The molecule has 0 atom stereocenters. The predicted octanol–water partition coefficient (Wildman–Crippen LogP) is -0.564. The minimum absolute atomic E-state index is 0.167. The Morgan fingerprint density at radius 2 is 2.13 bits per heavy atom. The van der Waals surface area contributed by atoms with E-state index in [0.29, 0.717) is 11.5 Å². The predicted molar refractivity (Wildman–Crippen MR) is 54.9 cm³/mol. The number of guanidine groups is 1. The molecule has 1 amide bonds. The van der Waals surface area contributed by atoms with Crippen molar-refractivity contribution in [3.8, 4) is 0 Å². The topological polar surface area (TPSA) is 89.9 Å². The maximum Gasteiger partial charge on any atom is 0.372 e. The van der Waals surface area contributed by atoms with E-state index >= 15 is 0 Å². The number of amides is 1. The average Bonchev–Trinajstić information content (AvgIpc) is 2.41. The molecule has 2 rings (SSSR count). The Hall–Kier alpha value is -1.69. The fourth-order valence-corrected chi connectivity index (χ4v) is 1.78. The van der Waals surface area contributed by atoms with Gasteiger partial charge in [0.15, 0.2) is 5.82 Å². The summed E-state index contributed by atoms with van der Waals surface area (Å²) in [6.45, 7) is 5.89. The quantitative estimate of drug-likeness (QED) is 0.648. The first kappa shape index (κ1) is 9.85. The number of hydrogen-bond donors (Lipinski definition) is 2. The van der Waals surface area contributed by atoms with E-state index < -0.39 is 0 Å². The van der Waals surface area contributed by atoms with Gasteiger partial charge in [-0.15, -0.1) is 0 Å². The molecule has 6 heteroatoms. The van der Waals surface area contributed by atoms with Crippen LogP contribution in [0.5, 0.6) is 0 Å². The second-order valence-corrected chi connectivity index (χ2v) is 3.84. The molecule has 0 fully saturated rings. The molecule has 1 aromatic rings. The molecule has 0 aliphatic carbocycles. The largest absolute Gasteiger partial charge is 0.372 e. The summed E-state index contributed by atoms with van der Waals surface area (Å²) < 4.78 is 1.91. The molecule has 6 nitrogen and oxygen atoms in total. The first-order valence-electron chi connectivity index (χ1n) is 4.82. The van der Waals surface area contributed by atoms with Crippen molar-refractivity contribution in [1.29, 1.82) is 0 Å². The smallest absolute Gasteiger partial charge is 0.337 e. The second kappa shape index (κ2) is 3.16. The van der Waals surface area contributed by atoms with E-state index in [2.05, 4.69) is 9.98 Å². The second-order valence-electron chi connectivity index (χ2n) is 3.84. The van der Waals surface area contributed by atoms with Gasteiger partial charge in [-0.2, -0.15) is 4.99 Å². The van der Waals surface area contributed by atoms with Crippen LogP contribution < -0.4 is 11.1 Å². The number of rotatable bonds is 1. The molecule has 2 heterocycles. The van der Waals surface area contributed by atoms with Crippen molar-refractivity contribution in [2.75, 3.05) is 0 Å². The van der Waals surface area contributed by atoms with Gasteiger partial charge in [0.2, 0.25) is 5.69 Å². The summed E-state index contributed by atoms with van der Waals surface area (Å²) in [5, 5.41) is 1.30. The zero-order valence-electron chi connectivity index (χ0n) is 8.98. The van der Waals surface area contributed by atoms with E-state index in [4.69, 9.17) is 5.73 Å². The number of aryl methyl sites for hydroxylation is 1. The normalized spacial score (nSPS) is 15.5. The monoisotopic (exact) mass is 208 g/mol. The molecule has 1 aliphatic heterocycles. The highest BCUT2D eigenvalue weighted by atomic mass is 16.2. The standard InChI is InChI=1S/C9H13N5O/c1-4(2)14-5(3)11-6-7(14)12-9(10)13-8(6)15/h4H,1-3H3,(H3,10,12,13,15)/p+1. The van der Waals surface area contributed by atoms with Crippen molar-refractivity contribution in [1.82, 2.24) is 9.55 Å². The van der Waals surface area contributed by atoms with Crippen molar-refractivity contribution in [2.45, 2.75) is 26.8 Å². The molecule has 0 saturated carbocycles. The number of nitrogens with two attached hydrogens (primary N) is 2. The van der Waals surface area contributed by atoms with Crippen LogP contribution in [0.4, 0.5) is 5.82 Å². The summed E-state index contributed by atoms with van der Waals surface area (Å²) in [5.41, 5.74) is 5.95. The minimum Gasteiger partial charge on any atom is -0.337 e. The van der Waals surface area contributed by atoms with Crippen LogP contribution in [0.3, 0.4) is 0 Å². The Morgan fingerprint density at radius 3 is 2.73 bits per heavy atom. The number of aromatic nitrogens is 2. The highest BCUT2D eigenvalue weighted by Gasteiger charge is 2.30. The van der Waals surface area contributed by atoms with Crippen LogP contribution in [0.25, 0.3) is 0 Å². The van der Waals surface area contributed by atoms with Gasteiger partial charge >= 0.3 is 11.9 Å². The summed E-state index contributed by atoms with van der Waals surface area (Å²) in [6, 6.07) is 0.212. The third kappa shape index (κ3) is 1.42. The molecule has 1 aliphatic rings. The lowest BCUT2D eigenvalue weighted by molar-refractivity contribution is -0.433. The summed E-state index contributed by atoms with van der Waals surface area (Å²) in [6.07, 6.45) is 0. The van der Waals surface area contributed by atoms with Crippen LogP contribution in [0.2, 0.25) is 0 Å². The molecule has 0 aromatic carbocycles. The third-order valence-corrected chi connectivity index (χ3v) is 2.33.